The molecule has 2 heterocycles. The highest BCUT2D eigenvalue weighted by molar-refractivity contribution is 6.07. The molecule has 0 bridgehead atoms. The molecule has 0 saturated carbocycles. The molecule has 2 aromatic rings. The standard InChI is InChI=1S/C23H26N4O8/c1-13(28)25-18-15(11-17(32-2)19(33-3)20(18)34-4)21(29)26-9-6-10-27(26)22(30)16-8-7-14(12-24-16)23(31)35-5/h7-8,11-12H,6,9-10H2,1-5H3,(H,25,28). The molecule has 12 heteroatoms. The summed E-state index contributed by atoms with van der Waals surface area (Å²) in [6, 6.07) is 4.22. The van der Waals surface area contributed by atoms with Gasteiger partial charge in [0.25, 0.3) is 11.8 Å². The van der Waals surface area contributed by atoms with Crippen molar-refractivity contribution in [2.75, 3.05) is 46.8 Å². The Balaban J connectivity index is 2.00. The maximum Gasteiger partial charge on any atom is 0.339 e. The van der Waals surface area contributed by atoms with E-state index in [2.05, 4.69) is 15.0 Å². The number of carbonyl (C=O) groups excluding carboxylic acids is 4. The van der Waals surface area contributed by atoms with Crippen LogP contribution in [0.15, 0.2) is 24.4 Å². The first-order valence-corrected chi connectivity index (χ1v) is 10.6. The van der Waals surface area contributed by atoms with Crippen LogP contribution in [0.2, 0.25) is 0 Å². The Kier molecular flexibility index (Phi) is 7.74. The molecule has 0 radical (unpaired) electrons. The molecule has 1 N–H and O–H groups in total. The molecule has 1 saturated heterocycles. The van der Waals surface area contributed by atoms with Crippen LogP contribution in [0.4, 0.5) is 5.69 Å². The molecule has 1 aliphatic rings. The summed E-state index contributed by atoms with van der Waals surface area (Å²) < 4.78 is 20.8. The third-order valence-electron chi connectivity index (χ3n) is 5.27. The molecule has 12 nitrogen and oxygen atoms in total. The number of esters is 1. The lowest BCUT2D eigenvalue weighted by Gasteiger charge is -2.29. The molecule has 0 spiro atoms. The fourth-order valence-electron chi connectivity index (χ4n) is 3.69. The van der Waals surface area contributed by atoms with E-state index in [0.717, 1.165) is 0 Å². The van der Waals surface area contributed by atoms with Crippen molar-refractivity contribution in [1.82, 2.24) is 15.0 Å². The number of methoxy groups -OCH3 is 4. The normalized spacial score (nSPS) is 12.7. The predicted molar refractivity (Wildman–Crippen MR) is 123 cm³/mol. The highest BCUT2D eigenvalue weighted by Crippen LogP contribution is 2.45. The van der Waals surface area contributed by atoms with E-state index in [1.54, 1.807) is 0 Å². The Morgan fingerprint density at radius 1 is 0.914 bits per heavy atom. The highest BCUT2D eigenvalue weighted by atomic mass is 16.5. The number of hydrogen-bond donors (Lipinski definition) is 1. The zero-order valence-corrected chi connectivity index (χ0v) is 20.0. The molecule has 0 unspecified atom stereocenters. The van der Waals surface area contributed by atoms with Gasteiger partial charge in [-0.25, -0.2) is 14.8 Å². The lowest BCUT2D eigenvalue weighted by molar-refractivity contribution is -0.114. The quantitative estimate of drug-likeness (QED) is 0.580. The fourth-order valence-corrected chi connectivity index (χ4v) is 3.69. The monoisotopic (exact) mass is 486 g/mol. The second kappa shape index (κ2) is 10.7. The summed E-state index contributed by atoms with van der Waals surface area (Å²) in [5.41, 5.74) is 0.367. The number of ether oxygens (including phenoxy) is 4. The van der Waals surface area contributed by atoms with Crippen molar-refractivity contribution in [2.24, 2.45) is 0 Å². The first-order valence-electron chi connectivity index (χ1n) is 10.6. The van der Waals surface area contributed by atoms with Crippen molar-refractivity contribution in [3.63, 3.8) is 0 Å². The lowest BCUT2D eigenvalue weighted by atomic mass is 10.1. The largest absolute Gasteiger partial charge is 0.493 e. The topological polar surface area (TPSA) is 137 Å². The number of aromatic nitrogens is 1. The summed E-state index contributed by atoms with van der Waals surface area (Å²) in [4.78, 5) is 54.4. The summed E-state index contributed by atoms with van der Waals surface area (Å²) in [6.45, 7) is 1.81. The van der Waals surface area contributed by atoms with Crippen molar-refractivity contribution in [3.05, 3.63) is 41.2 Å². The number of nitrogens with one attached hydrogen (secondary N) is 1. The zero-order valence-electron chi connectivity index (χ0n) is 20.0. The predicted octanol–water partition coefficient (Wildman–Crippen LogP) is 1.76. The van der Waals surface area contributed by atoms with E-state index < -0.39 is 23.7 Å². The Bertz CT molecular complexity index is 1150. The molecular weight excluding hydrogens is 460 g/mol. The molecule has 35 heavy (non-hydrogen) atoms. The minimum Gasteiger partial charge on any atom is -0.493 e. The van der Waals surface area contributed by atoms with E-state index in [-0.39, 0.29) is 52.8 Å². The second-order valence-electron chi connectivity index (χ2n) is 7.38. The minimum atomic E-state index is -0.581. The van der Waals surface area contributed by atoms with Crippen molar-refractivity contribution >= 4 is 29.4 Å². The van der Waals surface area contributed by atoms with Gasteiger partial charge in [0, 0.05) is 26.2 Å². The SMILES string of the molecule is COC(=O)c1ccc(C(=O)N2CCCN2C(=O)c2cc(OC)c(OC)c(OC)c2NC(C)=O)nc1. The molecule has 0 atom stereocenters. The number of amides is 3. The van der Waals surface area contributed by atoms with Crippen LogP contribution in [0.25, 0.3) is 0 Å². The molecule has 186 valence electrons. The van der Waals surface area contributed by atoms with Crippen LogP contribution in [0, 0.1) is 0 Å². The van der Waals surface area contributed by atoms with E-state index in [0.29, 0.717) is 6.42 Å². The van der Waals surface area contributed by atoms with Crippen molar-refractivity contribution in [2.45, 2.75) is 13.3 Å². The van der Waals surface area contributed by atoms with E-state index >= 15 is 0 Å². The number of hydrogen-bond acceptors (Lipinski definition) is 9. The molecule has 1 aromatic carbocycles. The number of hydrazine groups is 1. The van der Waals surface area contributed by atoms with Crippen molar-refractivity contribution in [1.29, 1.82) is 0 Å². The lowest BCUT2D eigenvalue weighted by Crippen LogP contribution is -2.45. The molecule has 1 fully saturated rings. The van der Waals surface area contributed by atoms with E-state index in [4.69, 9.17) is 14.2 Å². The number of anilines is 1. The highest BCUT2D eigenvalue weighted by Gasteiger charge is 2.35. The summed E-state index contributed by atoms with van der Waals surface area (Å²) >= 11 is 0. The molecule has 3 rings (SSSR count). The van der Waals surface area contributed by atoms with Gasteiger partial charge < -0.3 is 24.3 Å². The number of nitrogens with zero attached hydrogens (tertiary/aromatic N) is 3. The smallest absolute Gasteiger partial charge is 0.339 e. The Labute approximate surface area is 201 Å². The maximum absolute atomic E-state index is 13.7. The summed E-state index contributed by atoms with van der Waals surface area (Å²) in [7, 11) is 5.41. The van der Waals surface area contributed by atoms with Gasteiger partial charge in [-0.3, -0.25) is 19.4 Å². The van der Waals surface area contributed by atoms with E-state index in [1.165, 1.54) is 69.8 Å². The van der Waals surface area contributed by atoms with Gasteiger partial charge in [-0.1, -0.05) is 0 Å². The van der Waals surface area contributed by atoms with Gasteiger partial charge in [0.05, 0.1) is 39.6 Å². The van der Waals surface area contributed by atoms with Crippen LogP contribution >= 0.6 is 0 Å². The maximum atomic E-state index is 13.7. The average molecular weight is 486 g/mol. The Morgan fingerprint density at radius 3 is 2.09 bits per heavy atom. The van der Waals surface area contributed by atoms with Crippen LogP contribution in [0.3, 0.4) is 0 Å². The van der Waals surface area contributed by atoms with Gasteiger partial charge in [0.1, 0.15) is 11.4 Å². The van der Waals surface area contributed by atoms with E-state index in [9.17, 15) is 19.2 Å². The van der Waals surface area contributed by atoms with Crippen LogP contribution in [-0.2, 0) is 9.53 Å². The average Bonchev–Trinajstić information content (AvgIpc) is 3.36. The van der Waals surface area contributed by atoms with Gasteiger partial charge in [-0.15, -0.1) is 0 Å². The number of benzene rings is 1. The van der Waals surface area contributed by atoms with Crippen molar-refractivity contribution in [3.8, 4) is 17.2 Å². The fraction of sp³-hybridized carbons (Fsp3) is 0.348. The second-order valence-corrected chi connectivity index (χ2v) is 7.38. The first-order chi connectivity index (χ1) is 16.8. The third kappa shape index (κ3) is 4.95. The summed E-state index contributed by atoms with van der Waals surface area (Å²) in [6.07, 6.45) is 1.76. The zero-order chi connectivity index (χ0) is 25.7. The van der Waals surface area contributed by atoms with Gasteiger partial charge >= 0.3 is 5.97 Å². The van der Waals surface area contributed by atoms with Crippen molar-refractivity contribution < 1.29 is 38.1 Å². The number of pyridine rings is 1. The van der Waals surface area contributed by atoms with Crippen LogP contribution in [0.1, 0.15) is 44.5 Å². The number of carbonyl (C=O) groups is 4. The summed E-state index contributed by atoms with van der Waals surface area (Å²) in [5.74, 6) is -1.61. The third-order valence-corrected chi connectivity index (χ3v) is 5.27. The molecule has 0 aliphatic carbocycles. The molecular formula is C23H26N4O8. The Hall–Kier alpha value is -4.35. The van der Waals surface area contributed by atoms with Crippen LogP contribution in [-0.4, -0.2) is 80.2 Å². The Morgan fingerprint density at radius 2 is 1.57 bits per heavy atom. The number of rotatable bonds is 7. The molecule has 3 amide bonds. The molecule has 1 aromatic heterocycles. The van der Waals surface area contributed by atoms with Gasteiger partial charge in [0.15, 0.2) is 11.5 Å². The van der Waals surface area contributed by atoms with E-state index in [1.807, 2.05) is 0 Å². The first kappa shape index (κ1) is 25.3. The van der Waals surface area contributed by atoms with Gasteiger partial charge in [0.2, 0.25) is 11.7 Å². The van der Waals surface area contributed by atoms with Crippen LogP contribution in [0.5, 0.6) is 17.2 Å². The molecule has 1 aliphatic heterocycles. The van der Waals surface area contributed by atoms with Crippen LogP contribution < -0.4 is 19.5 Å². The summed E-state index contributed by atoms with van der Waals surface area (Å²) in [5, 5.41) is 5.15. The van der Waals surface area contributed by atoms with Gasteiger partial charge in [-0.05, 0) is 24.6 Å². The minimum absolute atomic E-state index is 0.0448. The van der Waals surface area contributed by atoms with Gasteiger partial charge in [-0.2, -0.15) is 0 Å².